The van der Waals surface area contributed by atoms with Crippen molar-refractivity contribution < 1.29 is 14.6 Å². The zero-order valence-corrected chi connectivity index (χ0v) is 10.4. The average molecular weight is 271 g/mol. The van der Waals surface area contributed by atoms with E-state index in [1.54, 1.807) is 6.92 Å². The lowest BCUT2D eigenvalue weighted by molar-refractivity contribution is -0.142. The Morgan fingerprint density at radius 2 is 2.31 bits per heavy atom. The predicted octanol–water partition coefficient (Wildman–Crippen LogP) is 0.338. The molecule has 5 nitrogen and oxygen atoms in total. The van der Waals surface area contributed by atoms with Gasteiger partial charge >= 0.3 is 5.97 Å². The highest BCUT2D eigenvalue weighted by Crippen LogP contribution is 2.25. The van der Waals surface area contributed by atoms with E-state index in [4.69, 9.17) is 38.8 Å². The van der Waals surface area contributed by atoms with Gasteiger partial charge in [-0.2, -0.15) is 0 Å². The number of carbonyl (C=O) groups is 1. The second-order valence-electron chi connectivity index (χ2n) is 3.98. The van der Waals surface area contributed by atoms with Crippen molar-refractivity contribution in [3.05, 3.63) is 0 Å². The number of hydrogen-bond donors (Lipinski definition) is 3. The average Bonchev–Trinajstić information content (AvgIpc) is 2.19. The molecule has 0 spiro atoms. The highest BCUT2D eigenvalue weighted by molar-refractivity contribution is 6.31. The molecule has 1 aliphatic heterocycles. The normalized spacial score (nSPS) is 37.0. The van der Waals surface area contributed by atoms with Crippen LogP contribution in [0.15, 0.2) is 0 Å². The number of hydrogen-bond acceptors (Lipinski definition) is 4. The van der Waals surface area contributed by atoms with Gasteiger partial charge in [-0.15, -0.1) is 23.2 Å². The highest BCUT2D eigenvalue weighted by atomic mass is 35.5. The van der Waals surface area contributed by atoms with Crippen LogP contribution in [0.5, 0.6) is 0 Å². The van der Waals surface area contributed by atoms with Gasteiger partial charge in [0.2, 0.25) is 0 Å². The molecule has 0 radical (unpaired) electrons. The Kier molecular flexibility index (Phi) is 5.27. The van der Waals surface area contributed by atoms with Gasteiger partial charge in [0.25, 0.3) is 0 Å². The number of carboxylic acid groups (broad SMARTS) is 1. The summed E-state index contributed by atoms with van der Waals surface area (Å²) < 4.78 is 5.40. The van der Waals surface area contributed by atoms with E-state index in [-0.39, 0.29) is 6.04 Å². The van der Waals surface area contributed by atoms with Crippen molar-refractivity contribution in [3.8, 4) is 0 Å². The molecule has 7 heteroatoms. The third-order valence-electron chi connectivity index (χ3n) is 2.30. The number of piperidine rings is 1. The van der Waals surface area contributed by atoms with Crippen molar-refractivity contribution in [3.63, 3.8) is 0 Å². The summed E-state index contributed by atoms with van der Waals surface area (Å²) in [6.07, 6.45) is 0.0521. The molecule has 0 aliphatic carbocycles. The maximum Gasteiger partial charge on any atom is 0.322 e. The number of alkyl halides is 2. The lowest BCUT2D eigenvalue weighted by Gasteiger charge is -2.35. The fourth-order valence-electron chi connectivity index (χ4n) is 1.50. The van der Waals surface area contributed by atoms with Gasteiger partial charge in [0.1, 0.15) is 12.3 Å². The van der Waals surface area contributed by atoms with Gasteiger partial charge in [-0.05, 0) is 6.92 Å². The summed E-state index contributed by atoms with van der Waals surface area (Å²) in [6.45, 7) is 2.15. The monoisotopic (exact) mass is 270 g/mol. The first-order chi connectivity index (χ1) is 7.41. The lowest BCUT2D eigenvalue weighted by Crippen LogP contribution is -2.58. The smallest absolute Gasteiger partial charge is 0.322 e. The minimum Gasteiger partial charge on any atom is -0.480 e. The molecule has 4 N–H and O–H groups in total. The van der Waals surface area contributed by atoms with Gasteiger partial charge in [-0.3, -0.25) is 10.1 Å². The zero-order chi connectivity index (χ0) is 12.3. The fourth-order valence-corrected chi connectivity index (χ4v) is 2.09. The number of nitrogens with one attached hydrogen (secondary N) is 1. The number of ether oxygens (including phenoxy) is 1. The highest BCUT2D eigenvalue weighted by Gasteiger charge is 2.39. The Morgan fingerprint density at radius 3 is 2.81 bits per heavy atom. The molecule has 1 saturated heterocycles. The van der Waals surface area contributed by atoms with Crippen LogP contribution in [0, 0.1) is 0 Å². The molecular weight excluding hydrogens is 255 g/mol. The van der Waals surface area contributed by atoms with E-state index < -0.39 is 29.0 Å². The maximum atomic E-state index is 10.9. The van der Waals surface area contributed by atoms with E-state index in [0.29, 0.717) is 13.0 Å². The Bertz CT molecular complexity index is 253. The van der Waals surface area contributed by atoms with Crippen LogP contribution >= 0.6 is 23.2 Å². The third kappa shape index (κ3) is 3.75. The lowest BCUT2D eigenvalue weighted by atomic mass is 10.0. The molecule has 1 heterocycles. The second-order valence-corrected chi connectivity index (χ2v) is 5.04. The Morgan fingerprint density at radius 1 is 1.69 bits per heavy atom. The molecule has 5 atom stereocenters. The summed E-state index contributed by atoms with van der Waals surface area (Å²) in [7, 11) is 0. The van der Waals surface area contributed by atoms with Gasteiger partial charge in [0.15, 0.2) is 0 Å². The van der Waals surface area contributed by atoms with Crippen LogP contribution in [0.2, 0.25) is 0 Å². The van der Waals surface area contributed by atoms with Gasteiger partial charge in [0, 0.05) is 12.5 Å². The van der Waals surface area contributed by atoms with Gasteiger partial charge in [-0.1, -0.05) is 0 Å². The van der Waals surface area contributed by atoms with Crippen LogP contribution in [-0.4, -0.2) is 46.7 Å². The molecule has 1 rings (SSSR count). The van der Waals surface area contributed by atoms with E-state index in [9.17, 15) is 4.79 Å². The molecule has 0 aromatic rings. The molecule has 1 aliphatic rings. The SMILES string of the molecule is CC(N)COC1CC(Cl)C(Cl)C(C(=O)O)N1. The molecular formula is C9H16Cl2N2O3. The molecule has 94 valence electrons. The van der Waals surface area contributed by atoms with Crippen molar-refractivity contribution >= 4 is 29.2 Å². The minimum absolute atomic E-state index is 0.104. The van der Waals surface area contributed by atoms with Crippen molar-refractivity contribution in [2.45, 2.75) is 42.4 Å². The molecule has 0 saturated carbocycles. The standard InChI is InChI=1S/C9H16Cl2N2O3/c1-4(12)3-16-6-2-5(10)7(11)8(13-6)9(14)15/h4-8,13H,2-3,12H2,1H3,(H,14,15). The third-order valence-corrected chi connectivity index (χ3v) is 3.43. The Labute approximate surface area is 104 Å². The molecule has 1 fully saturated rings. The van der Waals surface area contributed by atoms with E-state index in [0.717, 1.165) is 0 Å². The first-order valence-electron chi connectivity index (χ1n) is 5.06. The summed E-state index contributed by atoms with van der Waals surface area (Å²) >= 11 is 11.9. The van der Waals surface area contributed by atoms with Gasteiger partial charge in [-0.25, -0.2) is 0 Å². The number of rotatable bonds is 4. The quantitative estimate of drug-likeness (QED) is 0.642. The van der Waals surface area contributed by atoms with Crippen molar-refractivity contribution in [2.75, 3.05) is 6.61 Å². The summed E-state index contributed by atoms with van der Waals surface area (Å²) in [5.74, 6) is -1.03. The van der Waals surface area contributed by atoms with E-state index in [2.05, 4.69) is 5.32 Å². The Balaban J connectivity index is 2.53. The summed E-state index contributed by atoms with van der Waals surface area (Å²) in [5, 5.41) is 10.7. The predicted molar refractivity (Wildman–Crippen MR) is 61.8 cm³/mol. The largest absolute Gasteiger partial charge is 0.480 e. The van der Waals surface area contributed by atoms with Gasteiger partial charge < -0.3 is 15.6 Å². The van der Waals surface area contributed by atoms with Crippen LogP contribution in [0.25, 0.3) is 0 Å². The number of halogens is 2. The van der Waals surface area contributed by atoms with E-state index >= 15 is 0 Å². The van der Waals surface area contributed by atoms with E-state index in [1.807, 2.05) is 0 Å². The van der Waals surface area contributed by atoms with Crippen LogP contribution in [-0.2, 0) is 9.53 Å². The number of aliphatic carboxylic acids is 1. The summed E-state index contributed by atoms with van der Waals surface area (Å²) in [5.41, 5.74) is 5.54. The minimum atomic E-state index is -1.03. The van der Waals surface area contributed by atoms with Crippen LogP contribution in [0.1, 0.15) is 13.3 Å². The zero-order valence-electron chi connectivity index (χ0n) is 8.90. The van der Waals surface area contributed by atoms with E-state index in [1.165, 1.54) is 0 Å². The first kappa shape index (κ1) is 14.0. The molecule has 16 heavy (non-hydrogen) atoms. The molecule has 0 aromatic heterocycles. The molecule has 0 amide bonds. The summed E-state index contributed by atoms with van der Waals surface area (Å²) in [4.78, 5) is 10.9. The fraction of sp³-hybridized carbons (Fsp3) is 0.889. The summed E-state index contributed by atoms with van der Waals surface area (Å²) in [6, 6.07) is -0.997. The molecule has 0 bridgehead atoms. The first-order valence-corrected chi connectivity index (χ1v) is 5.93. The molecule has 5 unspecified atom stereocenters. The van der Waals surface area contributed by atoms with Crippen LogP contribution in [0.4, 0.5) is 0 Å². The maximum absolute atomic E-state index is 10.9. The topological polar surface area (TPSA) is 84.6 Å². The van der Waals surface area contributed by atoms with Crippen LogP contribution < -0.4 is 11.1 Å². The Hall–Kier alpha value is -0.0700. The molecule has 0 aromatic carbocycles. The number of nitrogens with two attached hydrogens (primary N) is 1. The van der Waals surface area contributed by atoms with Crippen molar-refractivity contribution in [1.29, 1.82) is 0 Å². The number of carboxylic acids is 1. The van der Waals surface area contributed by atoms with Gasteiger partial charge in [0.05, 0.1) is 17.4 Å². The van der Waals surface area contributed by atoms with Crippen molar-refractivity contribution in [1.82, 2.24) is 5.32 Å². The van der Waals surface area contributed by atoms with Crippen LogP contribution in [0.3, 0.4) is 0 Å². The van der Waals surface area contributed by atoms with Crippen molar-refractivity contribution in [2.24, 2.45) is 5.73 Å². The second kappa shape index (κ2) is 6.02.